The Morgan fingerprint density at radius 2 is 1.88 bits per heavy atom. The monoisotopic (exact) mass is 471 g/mol. The number of carbonyl (C=O) groups is 2. The molecule has 0 bridgehead atoms. The van der Waals surface area contributed by atoms with Gasteiger partial charge in [0.15, 0.2) is 6.17 Å². The van der Waals surface area contributed by atoms with E-state index >= 15 is 0 Å². The van der Waals surface area contributed by atoms with Crippen molar-refractivity contribution < 1.29 is 32.3 Å². The fraction of sp³-hybridized carbons (Fsp3) is 0.333. The number of nitrogens with one attached hydrogen (secondary N) is 1. The van der Waals surface area contributed by atoms with Crippen LogP contribution in [0.25, 0.3) is 0 Å². The number of ketones is 1. The van der Waals surface area contributed by atoms with Crippen LogP contribution in [-0.2, 0) is 11.0 Å². The van der Waals surface area contributed by atoms with Crippen LogP contribution in [0, 0.1) is 0 Å². The molecule has 3 aliphatic heterocycles. The molecule has 1 fully saturated rings. The smallest absolute Gasteiger partial charge is 0.417 e. The Morgan fingerprint density at radius 1 is 1.19 bits per heavy atom. The number of hydrogen-bond acceptors (Lipinski definition) is 5. The van der Waals surface area contributed by atoms with Gasteiger partial charge < -0.3 is 20.2 Å². The summed E-state index contributed by atoms with van der Waals surface area (Å²) >= 11 is 6.01. The fourth-order valence-electron chi connectivity index (χ4n) is 4.05. The molecule has 1 atom stereocenters. The molecule has 6 nitrogen and oxygen atoms in total. The van der Waals surface area contributed by atoms with Crippen LogP contribution in [0.2, 0.25) is 5.02 Å². The highest BCUT2D eigenvalue weighted by Crippen LogP contribution is 2.38. The minimum absolute atomic E-state index is 0.0564. The van der Waals surface area contributed by atoms with Crippen LogP contribution >= 0.6 is 11.6 Å². The Kier molecular flexibility index (Phi) is 5.44. The van der Waals surface area contributed by atoms with E-state index in [1.807, 2.05) is 0 Å². The van der Waals surface area contributed by atoms with Gasteiger partial charge in [-0.25, -0.2) is 9.18 Å². The van der Waals surface area contributed by atoms with Gasteiger partial charge in [-0.05, 0) is 24.3 Å². The van der Waals surface area contributed by atoms with E-state index in [0.717, 1.165) is 12.1 Å². The molecule has 2 N–H and O–H groups in total. The summed E-state index contributed by atoms with van der Waals surface area (Å²) in [5.41, 5.74) is -3.61. The highest BCUT2D eigenvalue weighted by atomic mass is 35.5. The molecule has 0 amide bonds. The number of aliphatic carboxylic acids is 1. The zero-order valence-corrected chi connectivity index (χ0v) is 17.3. The molecule has 0 spiro atoms. The Morgan fingerprint density at radius 3 is 2.50 bits per heavy atom. The van der Waals surface area contributed by atoms with Crippen LogP contribution in [-0.4, -0.2) is 51.6 Å². The SMILES string of the molecule is O=C(c1c(Cl)cccc1C(F)(F)F)C1NC(N2CCC(F)(C(=O)O)CC2)=C2C=CC=CN21. The maximum Gasteiger partial charge on any atom is 0.417 e. The minimum atomic E-state index is -4.78. The van der Waals surface area contributed by atoms with E-state index in [0.29, 0.717) is 11.5 Å². The van der Waals surface area contributed by atoms with Gasteiger partial charge in [0.25, 0.3) is 0 Å². The van der Waals surface area contributed by atoms with Crippen LogP contribution in [0.3, 0.4) is 0 Å². The molecule has 0 radical (unpaired) electrons. The van der Waals surface area contributed by atoms with Crippen molar-refractivity contribution in [1.82, 2.24) is 15.1 Å². The van der Waals surface area contributed by atoms with E-state index in [4.69, 9.17) is 16.7 Å². The number of rotatable bonds is 4. The van der Waals surface area contributed by atoms with Gasteiger partial charge in [-0.3, -0.25) is 4.79 Å². The summed E-state index contributed by atoms with van der Waals surface area (Å²) in [6, 6.07) is 3.15. The zero-order valence-electron chi connectivity index (χ0n) is 16.5. The standard InChI is InChI=1S/C21H18ClF4N3O3/c22-13-5-3-4-12(21(24,25)26)15(13)16(30)18-27-17(14-6-1-2-9-29(14)18)28-10-7-20(23,8-11-28)19(31)32/h1-6,9,18,27H,7-8,10-11H2,(H,31,32). The molecule has 0 aliphatic carbocycles. The Labute approximate surface area is 185 Å². The number of alkyl halides is 4. The summed E-state index contributed by atoms with van der Waals surface area (Å²) in [5, 5.41) is 11.7. The average molecular weight is 472 g/mol. The summed E-state index contributed by atoms with van der Waals surface area (Å²) in [4.78, 5) is 27.6. The third-order valence-electron chi connectivity index (χ3n) is 5.75. The second-order valence-electron chi connectivity index (χ2n) is 7.67. The van der Waals surface area contributed by atoms with Crippen molar-refractivity contribution in [2.45, 2.75) is 30.9 Å². The van der Waals surface area contributed by atoms with Crippen molar-refractivity contribution in [1.29, 1.82) is 0 Å². The molecule has 0 aromatic heterocycles. The van der Waals surface area contributed by atoms with Gasteiger partial charge in [-0.15, -0.1) is 0 Å². The highest BCUT2D eigenvalue weighted by molar-refractivity contribution is 6.34. The van der Waals surface area contributed by atoms with Crippen molar-refractivity contribution >= 4 is 23.4 Å². The molecule has 1 saturated heterocycles. The number of hydrogen-bond donors (Lipinski definition) is 2. The Balaban J connectivity index is 1.65. The number of fused-ring (bicyclic) bond motifs is 1. The molecular formula is C21H18ClF4N3O3. The maximum atomic E-state index is 14.4. The number of benzene rings is 1. The van der Waals surface area contributed by atoms with E-state index in [1.165, 1.54) is 11.0 Å². The van der Waals surface area contributed by atoms with E-state index in [1.54, 1.807) is 29.3 Å². The summed E-state index contributed by atoms with van der Waals surface area (Å²) in [5.74, 6) is -1.99. The molecule has 0 saturated carbocycles. The fourth-order valence-corrected chi connectivity index (χ4v) is 4.31. The molecule has 1 aromatic rings. The summed E-state index contributed by atoms with van der Waals surface area (Å²) in [6.07, 6.45) is 0.0160. The second kappa shape index (κ2) is 7.84. The van der Waals surface area contributed by atoms with Crippen molar-refractivity contribution in [2.24, 2.45) is 0 Å². The van der Waals surface area contributed by atoms with E-state index in [9.17, 15) is 27.2 Å². The second-order valence-corrected chi connectivity index (χ2v) is 8.08. The van der Waals surface area contributed by atoms with Gasteiger partial charge in [0, 0.05) is 32.1 Å². The molecule has 170 valence electrons. The predicted molar refractivity (Wildman–Crippen MR) is 107 cm³/mol. The first-order valence-corrected chi connectivity index (χ1v) is 10.1. The van der Waals surface area contributed by atoms with Crippen molar-refractivity contribution in [3.63, 3.8) is 0 Å². The molecule has 11 heteroatoms. The Hall–Kier alpha value is -3.01. The molecule has 3 heterocycles. The molecule has 3 aliphatic rings. The lowest BCUT2D eigenvalue weighted by molar-refractivity contribution is -0.154. The van der Waals surface area contributed by atoms with Crippen molar-refractivity contribution in [3.05, 3.63) is 70.3 Å². The molecule has 32 heavy (non-hydrogen) atoms. The number of Topliss-reactive ketones (excluding diaryl/α,β-unsaturated/α-hetero) is 1. The average Bonchev–Trinajstić information content (AvgIpc) is 3.13. The summed E-state index contributed by atoms with van der Waals surface area (Å²) < 4.78 is 55.1. The lowest BCUT2D eigenvalue weighted by Crippen LogP contribution is -2.49. The summed E-state index contributed by atoms with van der Waals surface area (Å²) in [6.45, 7) is 0.113. The number of halogens is 5. The van der Waals surface area contributed by atoms with Crippen LogP contribution in [0.5, 0.6) is 0 Å². The highest BCUT2D eigenvalue weighted by Gasteiger charge is 2.46. The number of allylic oxidation sites excluding steroid dienone is 3. The first-order valence-electron chi connectivity index (χ1n) is 9.74. The van der Waals surface area contributed by atoms with Crippen LogP contribution < -0.4 is 5.32 Å². The normalized spacial score (nSPS) is 22.1. The van der Waals surface area contributed by atoms with Gasteiger partial charge in [-0.1, -0.05) is 23.7 Å². The van der Waals surface area contributed by atoms with E-state index in [-0.39, 0.29) is 31.0 Å². The van der Waals surface area contributed by atoms with Gasteiger partial charge in [0.2, 0.25) is 11.5 Å². The van der Waals surface area contributed by atoms with Crippen molar-refractivity contribution in [2.75, 3.05) is 13.1 Å². The quantitative estimate of drug-likeness (QED) is 0.512. The predicted octanol–water partition coefficient (Wildman–Crippen LogP) is 3.91. The number of carboxylic acid groups (broad SMARTS) is 1. The largest absolute Gasteiger partial charge is 0.479 e. The van der Waals surface area contributed by atoms with Gasteiger partial charge in [-0.2, -0.15) is 13.2 Å². The van der Waals surface area contributed by atoms with Gasteiger partial charge >= 0.3 is 12.1 Å². The van der Waals surface area contributed by atoms with Gasteiger partial charge in [0.1, 0.15) is 5.82 Å². The molecular weight excluding hydrogens is 454 g/mol. The van der Waals surface area contributed by atoms with Crippen LogP contribution in [0.15, 0.2) is 54.1 Å². The molecule has 1 unspecified atom stereocenters. The third kappa shape index (κ3) is 3.72. The van der Waals surface area contributed by atoms with Crippen LogP contribution in [0.1, 0.15) is 28.8 Å². The third-order valence-corrected chi connectivity index (χ3v) is 6.07. The Bertz CT molecular complexity index is 1060. The summed E-state index contributed by atoms with van der Waals surface area (Å²) in [7, 11) is 0. The zero-order chi connectivity index (χ0) is 23.3. The van der Waals surface area contributed by atoms with E-state index in [2.05, 4.69) is 5.32 Å². The number of carbonyl (C=O) groups excluding carboxylic acids is 1. The first kappa shape index (κ1) is 22.2. The number of nitrogens with zero attached hydrogens (tertiary/aromatic N) is 2. The minimum Gasteiger partial charge on any atom is -0.479 e. The molecule has 1 aromatic carbocycles. The van der Waals surface area contributed by atoms with Crippen LogP contribution in [0.4, 0.5) is 17.6 Å². The topological polar surface area (TPSA) is 72.9 Å². The van der Waals surface area contributed by atoms with E-state index < -0.39 is 40.9 Å². The number of carboxylic acids is 1. The lowest BCUT2D eigenvalue weighted by atomic mass is 9.93. The van der Waals surface area contributed by atoms with Gasteiger partial charge in [0.05, 0.1) is 21.8 Å². The maximum absolute atomic E-state index is 14.4. The number of likely N-dealkylation sites (tertiary alicyclic amines) is 1. The number of piperidine rings is 1. The van der Waals surface area contributed by atoms with Crippen molar-refractivity contribution in [3.8, 4) is 0 Å². The lowest BCUT2D eigenvalue weighted by Gasteiger charge is -2.36. The molecule has 4 rings (SSSR count). The first-order chi connectivity index (χ1) is 15.0.